The first kappa shape index (κ1) is 21.7. The van der Waals surface area contributed by atoms with Gasteiger partial charge in [0.25, 0.3) is 0 Å². The molecule has 0 spiro atoms. The van der Waals surface area contributed by atoms with E-state index in [1.807, 2.05) is 13.8 Å². The van der Waals surface area contributed by atoms with Gasteiger partial charge in [-0.05, 0) is 44.2 Å². The van der Waals surface area contributed by atoms with Gasteiger partial charge in [-0.25, -0.2) is 16.8 Å². The smallest absolute Gasteiger partial charge is 0.192 e. The summed E-state index contributed by atoms with van der Waals surface area (Å²) in [6.45, 7) is 7.43. The molecule has 0 saturated carbocycles. The van der Waals surface area contributed by atoms with Gasteiger partial charge >= 0.3 is 0 Å². The van der Waals surface area contributed by atoms with Crippen molar-refractivity contribution in [2.24, 2.45) is 0 Å². The molecule has 0 fully saturated rings. The molecule has 1 aliphatic rings. The number of rotatable bonds is 5. The molecule has 0 heterocycles. The second kappa shape index (κ2) is 7.70. The Morgan fingerprint density at radius 2 is 1.38 bits per heavy atom. The maximum atomic E-state index is 13.7. The van der Waals surface area contributed by atoms with Crippen LogP contribution in [0.5, 0.6) is 0 Å². The molecule has 2 atom stereocenters. The second-order valence-corrected chi connectivity index (χ2v) is 12.2. The van der Waals surface area contributed by atoms with Gasteiger partial charge in [0.05, 0.1) is 9.79 Å². The standard InChI is InChI=1S/C22H21BrO4S2/c1-4-22(29(26,27)20-11-7-17(3)8-12-20)14-13-18(23)15-21(22)28(24,25)19-9-5-16(2)6-10-19/h4-15,21H,1H2,2-3H3/t21-,22-/m1/s1. The predicted octanol–water partition coefficient (Wildman–Crippen LogP) is 4.69. The van der Waals surface area contributed by atoms with E-state index >= 15 is 0 Å². The fourth-order valence-electron chi connectivity index (χ4n) is 3.30. The van der Waals surface area contributed by atoms with Crippen LogP contribution >= 0.6 is 15.9 Å². The number of hydrogen-bond acceptors (Lipinski definition) is 4. The summed E-state index contributed by atoms with van der Waals surface area (Å²) in [5, 5.41) is -1.37. The van der Waals surface area contributed by atoms with Crippen LogP contribution in [0.2, 0.25) is 0 Å². The van der Waals surface area contributed by atoms with Crippen molar-refractivity contribution in [2.75, 3.05) is 0 Å². The average molecular weight is 493 g/mol. The van der Waals surface area contributed by atoms with E-state index in [1.165, 1.54) is 42.5 Å². The molecule has 0 aromatic heterocycles. The van der Waals surface area contributed by atoms with Crippen LogP contribution < -0.4 is 0 Å². The Labute approximate surface area is 180 Å². The zero-order valence-corrected chi connectivity index (χ0v) is 19.3. The lowest BCUT2D eigenvalue weighted by atomic mass is 9.99. The Bertz CT molecular complexity index is 1210. The summed E-state index contributed by atoms with van der Waals surface area (Å²) in [5.41, 5.74) is 1.81. The van der Waals surface area contributed by atoms with Gasteiger partial charge in [-0.1, -0.05) is 69.6 Å². The highest BCUT2D eigenvalue weighted by molar-refractivity contribution is 9.11. The molecule has 0 amide bonds. The monoisotopic (exact) mass is 492 g/mol. The number of sulfone groups is 2. The second-order valence-electron chi connectivity index (χ2n) is 7.04. The highest BCUT2D eigenvalue weighted by Gasteiger charge is 2.53. The molecule has 2 aromatic rings. The SMILES string of the molecule is C=C[C@@]1(S(=O)(=O)c2ccc(C)cc2)C=CC(Br)=C[C@H]1S(=O)(=O)c1ccc(C)cc1. The Kier molecular flexibility index (Phi) is 5.77. The molecule has 3 rings (SSSR count). The van der Waals surface area contributed by atoms with Crippen LogP contribution in [0.15, 0.2) is 93.7 Å². The van der Waals surface area contributed by atoms with Crippen LogP contribution in [0.25, 0.3) is 0 Å². The number of allylic oxidation sites excluding steroid dienone is 2. The summed E-state index contributed by atoms with van der Waals surface area (Å²) in [7, 11) is -8.15. The van der Waals surface area contributed by atoms with Gasteiger partial charge in [0, 0.05) is 4.48 Å². The molecule has 0 saturated heterocycles. The quantitative estimate of drug-likeness (QED) is 0.567. The van der Waals surface area contributed by atoms with E-state index in [2.05, 4.69) is 22.5 Å². The van der Waals surface area contributed by atoms with Crippen molar-refractivity contribution < 1.29 is 16.8 Å². The lowest BCUT2D eigenvalue weighted by molar-refractivity contribution is 0.557. The van der Waals surface area contributed by atoms with Crippen LogP contribution in [0.4, 0.5) is 0 Å². The first-order valence-electron chi connectivity index (χ1n) is 8.86. The maximum Gasteiger partial charge on any atom is 0.192 e. The van der Waals surface area contributed by atoms with E-state index in [0.29, 0.717) is 4.48 Å². The van der Waals surface area contributed by atoms with Crippen molar-refractivity contribution in [3.8, 4) is 0 Å². The van der Waals surface area contributed by atoms with Crippen molar-refractivity contribution in [1.82, 2.24) is 0 Å². The normalized spacial score (nSPS) is 22.2. The lowest BCUT2D eigenvalue weighted by Crippen LogP contribution is -2.50. The van der Waals surface area contributed by atoms with E-state index in [1.54, 1.807) is 30.3 Å². The summed E-state index contributed by atoms with van der Waals surface area (Å²) in [6.07, 6.45) is 5.58. The Hall–Kier alpha value is -1.96. The molecule has 152 valence electrons. The zero-order valence-electron chi connectivity index (χ0n) is 16.0. The maximum absolute atomic E-state index is 13.7. The minimum absolute atomic E-state index is 0.0446. The predicted molar refractivity (Wildman–Crippen MR) is 120 cm³/mol. The van der Waals surface area contributed by atoms with Crippen molar-refractivity contribution in [3.05, 3.63) is 95.0 Å². The molecular weight excluding hydrogens is 472 g/mol. The fraction of sp³-hybridized carbons (Fsp3) is 0.182. The Balaban J connectivity index is 2.26. The minimum atomic E-state index is -4.11. The molecular formula is C22H21BrO4S2. The first-order valence-corrected chi connectivity index (χ1v) is 12.7. The molecule has 29 heavy (non-hydrogen) atoms. The van der Waals surface area contributed by atoms with Gasteiger partial charge in [0.1, 0.15) is 10.00 Å². The van der Waals surface area contributed by atoms with Crippen LogP contribution in [-0.4, -0.2) is 26.8 Å². The van der Waals surface area contributed by atoms with Gasteiger partial charge in [-0.2, -0.15) is 0 Å². The van der Waals surface area contributed by atoms with Gasteiger partial charge in [0.2, 0.25) is 0 Å². The van der Waals surface area contributed by atoms with Crippen molar-refractivity contribution in [1.29, 1.82) is 0 Å². The van der Waals surface area contributed by atoms with Crippen LogP contribution in [0, 0.1) is 13.8 Å². The van der Waals surface area contributed by atoms with Crippen LogP contribution in [-0.2, 0) is 19.7 Å². The molecule has 0 bridgehead atoms. The molecule has 0 unspecified atom stereocenters. The summed E-state index contributed by atoms with van der Waals surface area (Å²) in [5.74, 6) is 0. The lowest BCUT2D eigenvalue weighted by Gasteiger charge is -2.35. The Morgan fingerprint density at radius 1 is 0.897 bits per heavy atom. The first-order chi connectivity index (χ1) is 13.5. The topological polar surface area (TPSA) is 68.3 Å². The molecule has 2 aromatic carbocycles. The number of hydrogen-bond donors (Lipinski definition) is 0. The van der Waals surface area contributed by atoms with Crippen LogP contribution in [0.3, 0.4) is 0 Å². The molecule has 7 heteroatoms. The van der Waals surface area contributed by atoms with Crippen molar-refractivity contribution in [3.63, 3.8) is 0 Å². The molecule has 0 aliphatic heterocycles. The third-order valence-electron chi connectivity index (χ3n) is 5.06. The summed E-state index contributed by atoms with van der Waals surface area (Å²) in [4.78, 5) is 0.105. The minimum Gasteiger partial charge on any atom is -0.223 e. The van der Waals surface area contributed by atoms with Gasteiger partial charge < -0.3 is 0 Å². The largest absolute Gasteiger partial charge is 0.223 e. The molecule has 4 nitrogen and oxygen atoms in total. The zero-order chi connectivity index (χ0) is 21.4. The van der Waals surface area contributed by atoms with Gasteiger partial charge in [0.15, 0.2) is 19.7 Å². The van der Waals surface area contributed by atoms with Gasteiger partial charge in [-0.15, -0.1) is 6.58 Å². The molecule has 0 radical (unpaired) electrons. The van der Waals surface area contributed by atoms with Gasteiger partial charge in [-0.3, -0.25) is 0 Å². The third-order valence-corrected chi connectivity index (χ3v) is 10.2. The van der Waals surface area contributed by atoms with Crippen molar-refractivity contribution in [2.45, 2.75) is 33.6 Å². The summed E-state index contributed by atoms with van der Waals surface area (Å²) >= 11 is 3.30. The fourth-order valence-corrected chi connectivity index (χ4v) is 8.17. The average Bonchev–Trinajstić information content (AvgIpc) is 2.68. The van der Waals surface area contributed by atoms with E-state index in [4.69, 9.17) is 0 Å². The van der Waals surface area contributed by atoms with E-state index < -0.39 is 29.7 Å². The summed E-state index contributed by atoms with van der Waals surface area (Å²) < 4.78 is 53.1. The summed E-state index contributed by atoms with van der Waals surface area (Å²) in [6, 6.07) is 12.7. The highest BCUT2D eigenvalue weighted by atomic mass is 79.9. The van der Waals surface area contributed by atoms with E-state index in [9.17, 15) is 16.8 Å². The third kappa shape index (κ3) is 3.67. The number of benzene rings is 2. The van der Waals surface area contributed by atoms with Crippen molar-refractivity contribution >= 4 is 35.6 Å². The highest BCUT2D eigenvalue weighted by Crippen LogP contribution is 2.41. The molecule has 0 N–H and O–H groups in total. The van der Waals surface area contributed by atoms with E-state index in [0.717, 1.165) is 11.1 Å². The number of aryl methyl sites for hydroxylation is 2. The Morgan fingerprint density at radius 3 is 1.86 bits per heavy atom. The molecule has 1 aliphatic carbocycles. The van der Waals surface area contributed by atoms with Crippen LogP contribution in [0.1, 0.15) is 11.1 Å². The van der Waals surface area contributed by atoms with E-state index in [-0.39, 0.29) is 9.79 Å². The number of halogens is 1.